The first kappa shape index (κ1) is 17.9. The third-order valence-corrected chi connectivity index (χ3v) is 6.11. The molecule has 0 saturated carbocycles. The Kier molecular flexibility index (Phi) is 8.73. The van der Waals surface area contributed by atoms with Crippen molar-refractivity contribution in [2.24, 2.45) is 5.92 Å². The molecule has 20 heavy (non-hydrogen) atoms. The summed E-state index contributed by atoms with van der Waals surface area (Å²) < 4.78 is 26.4. The molecular formula is C15H32N2O2S. The first-order chi connectivity index (χ1) is 9.60. The summed E-state index contributed by atoms with van der Waals surface area (Å²) in [5.74, 6) is 1.05. The molecule has 1 aliphatic rings. The molecule has 0 spiro atoms. The van der Waals surface area contributed by atoms with E-state index in [4.69, 9.17) is 0 Å². The molecule has 0 aromatic rings. The summed E-state index contributed by atoms with van der Waals surface area (Å²) in [6, 6.07) is 0. The van der Waals surface area contributed by atoms with Gasteiger partial charge in [-0.2, -0.15) is 0 Å². The number of nitrogens with one attached hydrogen (secondary N) is 1. The van der Waals surface area contributed by atoms with Gasteiger partial charge in [0.05, 0.1) is 5.75 Å². The van der Waals surface area contributed by atoms with E-state index in [-0.39, 0.29) is 0 Å². The molecule has 1 unspecified atom stereocenters. The van der Waals surface area contributed by atoms with Crippen LogP contribution in [0.2, 0.25) is 0 Å². The average Bonchev–Trinajstić information content (AvgIpc) is 2.65. The first-order valence-electron chi connectivity index (χ1n) is 8.28. The minimum absolute atomic E-state index is 0.316. The standard InChI is InChI=1S/C15H32N2O2S/c1-3-8-15-9-7-12-17(13-10-15)20(18,19)14-6-5-11-16-4-2/h15-16H,3-14H2,1-2H3. The van der Waals surface area contributed by atoms with E-state index in [2.05, 4.69) is 19.2 Å². The Balaban J connectivity index is 2.35. The molecule has 1 aliphatic heterocycles. The van der Waals surface area contributed by atoms with Gasteiger partial charge in [0.15, 0.2) is 0 Å². The molecule has 1 rings (SSSR count). The van der Waals surface area contributed by atoms with Gasteiger partial charge in [0.2, 0.25) is 10.0 Å². The predicted molar refractivity (Wildman–Crippen MR) is 85.4 cm³/mol. The monoisotopic (exact) mass is 304 g/mol. The van der Waals surface area contributed by atoms with Crippen LogP contribution in [-0.2, 0) is 10.0 Å². The number of nitrogens with zero attached hydrogens (tertiary/aromatic N) is 1. The Labute approximate surface area is 125 Å². The Morgan fingerprint density at radius 2 is 1.95 bits per heavy atom. The summed E-state index contributed by atoms with van der Waals surface area (Å²) in [4.78, 5) is 0. The van der Waals surface area contributed by atoms with Crippen molar-refractivity contribution in [1.82, 2.24) is 9.62 Å². The summed E-state index contributed by atoms with van der Waals surface area (Å²) in [6.07, 6.45) is 7.44. The van der Waals surface area contributed by atoms with Crippen LogP contribution in [0.15, 0.2) is 0 Å². The van der Waals surface area contributed by atoms with Crippen LogP contribution in [0.3, 0.4) is 0 Å². The van der Waals surface area contributed by atoms with Gasteiger partial charge in [-0.05, 0) is 51.1 Å². The van der Waals surface area contributed by atoms with Gasteiger partial charge < -0.3 is 5.32 Å². The van der Waals surface area contributed by atoms with Crippen LogP contribution in [0.4, 0.5) is 0 Å². The van der Waals surface area contributed by atoms with Crippen molar-refractivity contribution in [2.75, 3.05) is 31.9 Å². The lowest BCUT2D eigenvalue weighted by Gasteiger charge is -2.20. The van der Waals surface area contributed by atoms with E-state index in [9.17, 15) is 8.42 Å². The third-order valence-electron chi connectivity index (χ3n) is 4.15. The molecule has 4 nitrogen and oxygen atoms in total. The van der Waals surface area contributed by atoms with Gasteiger partial charge in [-0.25, -0.2) is 12.7 Å². The summed E-state index contributed by atoms with van der Waals surface area (Å²) in [5, 5.41) is 3.24. The van der Waals surface area contributed by atoms with E-state index >= 15 is 0 Å². The Morgan fingerprint density at radius 1 is 1.15 bits per heavy atom. The highest BCUT2D eigenvalue weighted by Gasteiger charge is 2.25. The normalized spacial score (nSPS) is 21.8. The van der Waals surface area contributed by atoms with Crippen molar-refractivity contribution in [2.45, 2.75) is 58.8 Å². The Hall–Kier alpha value is -0.130. The molecule has 0 radical (unpaired) electrons. The van der Waals surface area contributed by atoms with Gasteiger partial charge in [0.1, 0.15) is 0 Å². The lowest BCUT2D eigenvalue weighted by atomic mass is 9.96. The molecule has 5 heteroatoms. The number of unbranched alkanes of at least 4 members (excludes halogenated alkanes) is 1. The Morgan fingerprint density at radius 3 is 2.65 bits per heavy atom. The zero-order chi connectivity index (χ0) is 14.8. The molecule has 1 saturated heterocycles. The lowest BCUT2D eigenvalue weighted by molar-refractivity contribution is 0.399. The summed E-state index contributed by atoms with van der Waals surface area (Å²) in [5.41, 5.74) is 0. The molecular weight excluding hydrogens is 272 g/mol. The Bertz CT molecular complexity index is 344. The largest absolute Gasteiger partial charge is 0.317 e. The molecule has 1 fully saturated rings. The van der Waals surface area contributed by atoms with Crippen LogP contribution in [-0.4, -0.2) is 44.7 Å². The summed E-state index contributed by atoms with van der Waals surface area (Å²) in [7, 11) is -3.03. The van der Waals surface area contributed by atoms with Gasteiger partial charge in [-0.15, -0.1) is 0 Å². The zero-order valence-corrected chi connectivity index (χ0v) is 14.1. The van der Waals surface area contributed by atoms with E-state index in [1.807, 2.05) is 0 Å². The van der Waals surface area contributed by atoms with Crippen LogP contribution in [0, 0.1) is 5.92 Å². The van der Waals surface area contributed by atoms with Crippen LogP contribution in [0.1, 0.15) is 58.8 Å². The molecule has 0 aliphatic carbocycles. The second-order valence-electron chi connectivity index (χ2n) is 5.86. The van der Waals surface area contributed by atoms with Crippen LogP contribution in [0.25, 0.3) is 0 Å². The third kappa shape index (κ3) is 6.55. The fourth-order valence-electron chi connectivity index (χ4n) is 2.95. The maximum Gasteiger partial charge on any atom is 0.214 e. The van der Waals surface area contributed by atoms with Gasteiger partial charge in [-0.1, -0.05) is 26.7 Å². The van der Waals surface area contributed by atoms with Gasteiger partial charge in [0, 0.05) is 13.1 Å². The highest BCUT2D eigenvalue weighted by atomic mass is 32.2. The number of sulfonamides is 1. The first-order valence-corrected chi connectivity index (χ1v) is 9.89. The molecule has 120 valence electrons. The lowest BCUT2D eigenvalue weighted by Crippen LogP contribution is -2.34. The molecule has 0 aromatic carbocycles. The van der Waals surface area contributed by atoms with Crippen molar-refractivity contribution in [3.05, 3.63) is 0 Å². The van der Waals surface area contributed by atoms with Gasteiger partial charge in [-0.3, -0.25) is 0 Å². The fourth-order valence-corrected chi connectivity index (χ4v) is 4.57. The van der Waals surface area contributed by atoms with Gasteiger partial charge >= 0.3 is 0 Å². The number of rotatable bonds is 9. The minimum Gasteiger partial charge on any atom is -0.317 e. The van der Waals surface area contributed by atoms with Crippen LogP contribution < -0.4 is 5.32 Å². The van der Waals surface area contributed by atoms with Gasteiger partial charge in [0.25, 0.3) is 0 Å². The van der Waals surface area contributed by atoms with E-state index < -0.39 is 10.0 Å². The number of hydrogen-bond acceptors (Lipinski definition) is 3. The van der Waals surface area contributed by atoms with Crippen molar-refractivity contribution in [1.29, 1.82) is 0 Å². The molecule has 1 heterocycles. The van der Waals surface area contributed by atoms with Crippen molar-refractivity contribution in [3.63, 3.8) is 0 Å². The maximum absolute atomic E-state index is 12.3. The predicted octanol–water partition coefficient (Wildman–Crippen LogP) is 2.61. The summed E-state index contributed by atoms with van der Waals surface area (Å²) in [6.45, 7) is 7.63. The van der Waals surface area contributed by atoms with E-state index in [0.717, 1.165) is 57.8 Å². The second-order valence-corrected chi connectivity index (χ2v) is 7.95. The minimum atomic E-state index is -3.03. The van der Waals surface area contributed by atoms with E-state index in [1.54, 1.807) is 4.31 Å². The van der Waals surface area contributed by atoms with E-state index in [1.165, 1.54) is 19.3 Å². The van der Waals surface area contributed by atoms with Crippen molar-refractivity contribution >= 4 is 10.0 Å². The van der Waals surface area contributed by atoms with Crippen LogP contribution in [0.5, 0.6) is 0 Å². The molecule has 1 N–H and O–H groups in total. The molecule has 0 bridgehead atoms. The highest BCUT2D eigenvalue weighted by Crippen LogP contribution is 2.23. The van der Waals surface area contributed by atoms with Crippen molar-refractivity contribution in [3.8, 4) is 0 Å². The molecule has 0 aromatic heterocycles. The number of hydrogen-bond donors (Lipinski definition) is 1. The highest BCUT2D eigenvalue weighted by molar-refractivity contribution is 7.89. The fraction of sp³-hybridized carbons (Fsp3) is 1.00. The van der Waals surface area contributed by atoms with Crippen LogP contribution >= 0.6 is 0 Å². The maximum atomic E-state index is 12.3. The summed E-state index contributed by atoms with van der Waals surface area (Å²) >= 11 is 0. The average molecular weight is 305 g/mol. The van der Waals surface area contributed by atoms with E-state index in [0.29, 0.717) is 5.75 Å². The van der Waals surface area contributed by atoms with Crippen molar-refractivity contribution < 1.29 is 8.42 Å². The topological polar surface area (TPSA) is 49.4 Å². The smallest absolute Gasteiger partial charge is 0.214 e. The molecule has 0 amide bonds. The zero-order valence-electron chi connectivity index (χ0n) is 13.2. The quantitative estimate of drug-likeness (QED) is 0.666. The molecule has 1 atom stereocenters. The SMILES string of the molecule is CCCC1CCCN(S(=O)(=O)CCCCNCC)CC1. The second kappa shape index (κ2) is 9.74.